The van der Waals surface area contributed by atoms with Crippen LogP contribution < -0.4 is 11.1 Å². The summed E-state index contributed by atoms with van der Waals surface area (Å²) < 4.78 is 0.788. The number of anilines is 2. The molecule has 0 fully saturated rings. The van der Waals surface area contributed by atoms with Crippen molar-refractivity contribution in [1.82, 2.24) is 9.97 Å². The van der Waals surface area contributed by atoms with Gasteiger partial charge in [-0.05, 0) is 19.1 Å². The Morgan fingerprint density at radius 2 is 2.31 bits per heavy atom. The molecular weight excluding hydrogens is 244 g/mol. The average molecular weight is 255 g/mol. The van der Waals surface area contributed by atoms with Crippen LogP contribution in [0.1, 0.15) is 10.4 Å². The maximum atomic E-state index is 5.84. The molecule has 0 aliphatic heterocycles. The van der Waals surface area contributed by atoms with E-state index < -0.39 is 0 Å². The maximum Gasteiger partial charge on any atom is 0.221 e. The highest BCUT2D eigenvalue weighted by Crippen LogP contribution is 2.22. The predicted molar refractivity (Wildman–Crippen MR) is 67.8 cm³/mol. The number of nitrogens with zero attached hydrogens (tertiary/aromatic N) is 2. The van der Waals surface area contributed by atoms with E-state index in [4.69, 9.17) is 17.3 Å². The molecular formula is C10H11ClN4S. The molecule has 2 heterocycles. The molecule has 0 saturated carbocycles. The molecule has 0 unspecified atom stereocenters. The summed E-state index contributed by atoms with van der Waals surface area (Å²) in [6, 6.07) is 3.87. The van der Waals surface area contributed by atoms with Crippen LogP contribution in [0.4, 0.5) is 11.8 Å². The highest BCUT2D eigenvalue weighted by molar-refractivity contribution is 7.16. The van der Waals surface area contributed by atoms with Crippen molar-refractivity contribution in [2.45, 2.75) is 13.5 Å². The van der Waals surface area contributed by atoms with E-state index in [0.29, 0.717) is 6.54 Å². The third-order valence-electron chi connectivity index (χ3n) is 2.05. The highest BCUT2D eigenvalue weighted by Gasteiger charge is 2.02. The first-order valence-electron chi connectivity index (χ1n) is 4.72. The zero-order valence-electron chi connectivity index (χ0n) is 8.70. The standard InChI is InChI=1S/C10H11ClN4S/c1-6-4-14-10(12)15-9(6)13-5-7-2-3-8(11)16-7/h2-4H,5H2,1H3,(H3,12,13,14,15). The summed E-state index contributed by atoms with van der Waals surface area (Å²) in [6.07, 6.45) is 1.70. The van der Waals surface area contributed by atoms with Gasteiger partial charge in [-0.25, -0.2) is 4.98 Å². The Morgan fingerprint density at radius 1 is 1.50 bits per heavy atom. The van der Waals surface area contributed by atoms with Crippen molar-refractivity contribution in [2.24, 2.45) is 0 Å². The van der Waals surface area contributed by atoms with Gasteiger partial charge in [-0.15, -0.1) is 11.3 Å². The second kappa shape index (κ2) is 4.67. The van der Waals surface area contributed by atoms with E-state index in [2.05, 4.69) is 15.3 Å². The number of nitrogens with one attached hydrogen (secondary N) is 1. The summed E-state index contributed by atoms with van der Waals surface area (Å²) in [7, 11) is 0. The van der Waals surface area contributed by atoms with Gasteiger partial charge in [0.15, 0.2) is 0 Å². The monoisotopic (exact) mass is 254 g/mol. The van der Waals surface area contributed by atoms with Crippen molar-refractivity contribution in [1.29, 1.82) is 0 Å². The van der Waals surface area contributed by atoms with Crippen LogP contribution in [0.25, 0.3) is 0 Å². The van der Waals surface area contributed by atoms with E-state index in [1.165, 1.54) is 0 Å². The van der Waals surface area contributed by atoms with Crippen molar-refractivity contribution >= 4 is 34.7 Å². The maximum absolute atomic E-state index is 5.84. The lowest BCUT2D eigenvalue weighted by molar-refractivity contribution is 1.08. The molecule has 0 atom stereocenters. The molecule has 0 aliphatic rings. The van der Waals surface area contributed by atoms with Gasteiger partial charge in [-0.1, -0.05) is 11.6 Å². The number of aromatic nitrogens is 2. The van der Waals surface area contributed by atoms with E-state index in [0.717, 1.165) is 20.6 Å². The molecule has 0 radical (unpaired) electrons. The second-order valence-electron chi connectivity index (χ2n) is 3.32. The summed E-state index contributed by atoms with van der Waals surface area (Å²) in [5.74, 6) is 1.04. The molecule has 0 spiro atoms. The summed E-state index contributed by atoms with van der Waals surface area (Å²) >= 11 is 7.39. The fraction of sp³-hybridized carbons (Fsp3) is 0.200. The Hall–Kier alpha value is -1.33. The summed E-state index contributed by atoms with van der Waals surface area (Å²) in [5, 5.41) is 3.20. The Bertz CT molecular complexity index is 497. The van der Waals surface area contributed by atoms with Gasteiger partial charge in [0.1, 0.15) is 5.82 Å². The molecule has 2 rings (SSSR count). The normalized spacial score (nSPS) is 10.4. The number of halogens is 1. The van der Waals surface area contributed by atoms with Crippen LogP contribution in [0.3, 0.4) is 0 Å². The number of nitrogens with two attached hydrogens (primary N) is 1. The molecule has 0 bridgehead atoms. The van der Waals surface area contributed by atoms with Gasteiger partial charge in [0, 0.05) is 16.6 Å². The van der Waals surface area contributed by atoms with Crippen LogP contribution in [0.15, 0.2) is 18.3 Å². The van der Waals surface area contributed by atoms with Gasteiger partial charge in [0.05, 0.1) is 10.9 Å². The molecule has 0 aromatic carbocycles. The lowest BCUT2D eigenvalue weighted by atomic mass is 10.3. The van der Waals surface area contributed by atoms with E-state index in [1.54, 1.807) is 17.5 Å². The third-order valence-corrected chi connectivity index (χ3v) is 3.28. The number of hydrogen-bond donors (Lipinski definition) is 2. The summed E-state index contributed by atoms with van der Waals surface area (Å²) in [5.41, 5.74) is 6.49. The van der Waals surface area contributed by atoms with Crippen LogP contribution in [-0.2, 0) is 6.54 Å². The smallest absolute Gasteiger partial charge is 0.221 e. The quantitative estimate of drug-likeness (QED) is 0.884. The molecule has 0 amide bonds. The molecule has 0 saturated heterocycles. The van der Waals surface area contributed by atoms with Gasteiger partial charge < -0.3 is 11.1 Å². The molecule has 2 aromatic heterocycles. The third kappa shape index (κ3) is 2.62. The SMILES string of the molecule is Cc1cnc(N)nc1NCc1ccc(Cl)s1. The van der Waals surface area contributed by atoms with E-state index in [1.807, 2.05) is 19.1 Å². The highest BCUT2D eigenvalue weighted by atomic mass is 35.5. The minimum atomic E-state index is 0.275. The molecule has 84 valence electrons. The van der Waals surface area contributed by atoms with Gasteiger partial charge in [0.2, 0.25) is 5.95 Å². The molecule has 0 aliphatic carbocycles. The van der Waals surface area contributed by atoms with Crippen LogP contribution in [0.5, 0.6) is 0 Å². The first kappa shape index (κ1) is 11.2. The summed E-state index contributed by atoms with van der Waals surface area (Å²) in [4.78, 5) is 9.18. The largest absolute Gasteiger partial charge is 0.368 e. The Kier molecular flexibility index (Phi) is 3.26. The van der Waals surface area contributed by atoms with E-state index in [-0.39, 0.29) is 5.95 Å². The van der Waals surface area contributed by atoms with Crippen molar-refractivity contribution < 1.29 is 0 Å². The minimum Gasteiger partial charge on any atom is -0.368 e. The zero-order valence-corrected chi connectivity index (χ0v) is 10.3. The van der Waals surface area contributed by atoms with Gasteiger partial charge in [0.25, 0.3) is 0 Å². The van der Waals surface area contributed by atoms with Gasteiger partial charge in [-0.2, -0.15) is 4.98 Å². The lowest BCUT2D eigenvalue weighted by Gasteiger charge is -2.06. The fourth-order valence-corrected chi connectivity index (χ4v) is 2.28. The van der Waals surface area contributed by atoms with Crippen LogP contribution in [-0.4, -0.2) is 9.97 Å². The fourth-order valence-electron chi connectivity index (χ4n) is 1.25. The lowest BCUT2D eigenvalue weighted by Crippen LogP contribution is -2.05. The summed E-state index contributed by atoms with van der Waals surface area (Å²) in [6.45, 7) is 2.62. The number of thiophene rings is 1. The number of aryl methyl sites for hydroxylation is 1. The van der Waals surface area contributed by atoms with Gasteiger partial charge >= 0.3 is 0 Å². The number of nitrogen functional groups attached to an aromatic ring is 1. The van der Waals surface area contributed by atoms with E-state index >= 15 is 0 Å². The second-order valence-corrected chi connectivity index (χ2v) is 5.12. The van der Waals surface area contributed by atoms with Crippen LogP contribution >= 0.6 is 22.9 Å². The Morgan fingerprint density at radius 3 is 3.00 bits per heavy atom. The van der Waals surface area contributed by atoms with Crippen molar-refractivity contribution in [2.75, 3.05) is 11.1 Å². The zero-order chi connectivity index (χ0) is 11.5. The number of hydrogen-bond acceptors (Lipinski definition) is 5. The van der Waals surface area contributed by atoms with Crippen molar-refractivity contribution in [3.63, 3.8) is 0 Å². The average Bonchev–Trinajstić information content (AvgIpc) is 2.66. The topological polar surface area (TPSA) is 63.8 Å². The van der Waals surface area contributed by atoms with Crippen LogP contribution in [0, 0.1) is 6.92 Å². The van der Waals surface area contributed by atoms with Crippen LogP contribution in [0.2, 0.25) is 4.34 Å². The minimum absolute atomic E-state index is 0.275. The Balaban J connectivity index is 2.07. The molecule has 2 aromatic rings. The number of rotatable bonds is 3. The molecule has 3 N–H and O–H groups in total. The van der Waals surface area contributed by atoms with Gasteiger partial charge in [-0.3, -0.25) is 0 Å². The van der Waals surface area contributed by atoms with Crippen molar-refractivity contribution in [3.05, 3.63) is 33.1 Å². The first-order chi connectivity index (χ1) is 7.65. The van der Waals surface area contributed by atoms with Crippen molar-refractivity contribution in [3.8, 4) is 0 Å². The molecule has 6 heteroatoms. The predicted octanol–water partition coefficient (Wildman–Crippen LogP) is 2.69. The molecule has 16 heavy (non-hydrogen) atoms. The molecule has 4 nitrogen and oxygen atoms in total. The van der Waals surface area contributed by atoms with E-state index in [9.17, 15) is 0 Å². The Labute approximate surface area is 102 Å². The first-order valence-corrected chi connectivity index (χ1v) is 5.92.